The minimum atomic E-state index is -2.53. The summed E-state index contributed by atoms with van der Waals surface area (Å²) in [6, 6.07) is 9.64. The Morgan fingerprint density at radius 2 is 2.00 bits per heavy atom. The first-order chi connectivity index (χ1) is 7.25. The number of imidazole rings is 1. The van der Waals surface area contributed by atoms with Gasteiger partial charge in [0, 0.05) is 0 Å². The molecular formula is C11H10F2N2. The van der Waals surface area contributed by atoms with Gasteiger partial charge in [-0.25, -0.2) is 0 Å². The molecule has 2 aromatic rings. The first-order valence-electron chi connectivity index (χ1n) is 4.57. The third-order valence-electron chi connectivity index (χ3n) is 2.06. The van der Waals surface area contributed by atoms with Crippen molar-refractivity contribution in [3.05, 3.63) is 54.6 Å². The second-order valence-electron chi connectivity index (χ2n) is 3.20. The molecular weight excluding hydrogens is 198 g/mol. The number of benzene rings is 1. The molecule has 2 nitrogen and oxygen atoms in total. The Labute approximate surface area is 86.4 Å². The largest absolute Gasteiger partial charge is 0.366 e. The second-order valence-corrected chi connectivity index (χ2v) is 3.20. The van der Waals surface area contributed by atoms with E-state index in [9.17, 15) is 8.78 Å². The zero-order valence-electron chi connectivity index (χ0n) is 7.98. The zero-order chi connectivity index (χ0) is 10.7. The van der Waals surface area contributed by atoms with E-state index >= 15 is 0 Å². The Kier molecular flexibility index (Phi) is 2.76. The molecule has 0 amide bonds. The van der Waals surface area contributed by atoms with Gasteiger partial charge in [-0.1, -0.05) is 30.3 Å². The van der Waals surface area contributed by atoms with E-state index in [1.807, 2.05) is 30.3 Å². The lowest BCUT2D eigenvalue weighted by Gasteiger charge is -2.00. The number of rotatable bonds is 3. The number of aromatic nitrogens is 2. The van der Waals surface area contributed by atoms with E-state index in [2.05, 4.69) is 6.33 Å². The predicted molar refractivity (Wildman–Crippen MR) is 50.3 cm³/mol. The minimum absolute atomic E-state index is 0.556. The van der Waals surface area contributed by atoms with Crippen molar-refractivity contribution < 1.29 is 13.3 Å². The summed E-state index contributed by atoms with van der Waals surface area (Å²) in [5.74, 6) is 0. The summed E-state index contributed by atoms with van der Waals surface area (Å²) in [6.45, 7) is -1.97. The lowest BCUT2D eigenvalue weighted by atomic mass is 10.2. The number of hydrogen-bond acceptors (Lipinski definition) is 0. The molecule has 0 N–H and O–H groups in total. The van der Waals surface area contributed by atoms with Crippen molar-refractivity contribution in [3.63, 3.8) is 0 Å². The van der Waals surface area contributed by atoms with Crippen LogP contribution in [0, 0.1) is 6.33 Å². The Bertz CT molecular complexity index is 423. The van der Waals surface area contributed by atoms with Gasteiger partial charge in [-0.15, -0.1) is 0 Å². The third kappa shape index (κ3) is 2.40. The highest BCUT2D eigenvalue weighted by Crippen LogP contribution is 2.02. The highest BCUT2D eigenvalue weighted by molar-refractivity contribution is 5.14. The van der Waals surface area contributed by atoms with Crippen LogP contribution in [0.15, 0.2) is 42.7 Å². The van der Waals surface area contributed by atoms with Gasteiger partial charge in [0.2, 0.25) is 6.33 Å². The maximum absolute atomic E-state index is 12.2. The van der Waals surface area contributed by atoms with Crippen LogP contribution in [0.3, 0.4) is 0 Å². The molecule has 0 radical (unpaired) electrons. The number of nitrogens with zero attached hydrogens (tertiary/aromatic N) is 2. The van der Waals surface area contributed by atoms with Crippen LogP contribution in [0.25, 0.3) is 0 Å². The maximum Gasteiger partial charge on any atom is 0.366 e. The average molecular weight is 208 g/mol. The Balaban J connectivity index is 2.12. The van der Waals surface area contributed by atoms with Crippen LogP contribution in [0.5, 0.6) is 0 Å². The molecule has 0 aliphatic rings. The van der Waals surface area contributed by atoms with Crippen LogP contribution >= 0.6 is 0 Å². The summed E-state index contributed by atoms with van der Waals surface area (Å²) >= 11 is 0. The van der Waals surface area contributed by atoms with Gasteiger partial charge in [0.1, 0.15) is 0 Å². The molecule has 4 heteroatoms. The molecule has 78 valence electrons. The van der Waals surface area contributed by atoms with Crippen LogP contribution in [-0.2, 0) is 6.54 Å². The molecule has 0 fully saturated rings. The van der Waals surface area contributed by atoms with E-state index < -0.39 is 6.55 Å². The topological polar surface area (TPSA) is 8.81 Å². The van der Waals surface area contributed by atoms with Gasteiger partial charge < -0.3 is 4.57 Å². The van der Waals surface area contributed by atoms with Crippen molar-refractivity contribution in [2.75, 3.05) is 0 Å². The summed E-state index contributed by atoms with van der Waals surface area (Å²) in [4.78, 5) is 0. The Morgan fingerprint density at radius 1 is 1.27 bits per heavy atom. The molecule has 0 saturated carbocycles. The standard InChI is InChI=1S/C11H10F2N2/c12-11(13)15-7-6-14(9-15)8-10-4-2-1-3-5-10/h1-7,11H,8H2. The Morgan fingerprint density at radius 3 is 2.60 bits per heavy atom. The molecule has 0 aliphatic heterocycles. The number of halogens is 2. The first-order valence-corrected chi connectivity index (χ1v) is 4.57. The molecule has 1 aromatic carbocycles. The summed E-state index contributed by atoms with van der Waals surface area (Å²) < 4.78 is 26.8. The molecule has 0 unspecified atom stereocenters. The average Bonchev–Trinajstić information content (AvgIpc) is 2.68. The van der Waals surface area contributed by atoms with Crippen molar-refractivity contribution >= 4 is 0 Å². The first kappa shape index (κ1) is 9.83. The lowest BCUT2D eigenvalue weighted by Crippen LogP contribution is -2.32. The van der Waals surface area contributed by atoms with Gasteiger partial charge in [-0.3, -0.25) is 4.57 Å². The molecule has 1 aromatic heterocycles. The fourth-order valence-electron chi connectivity index (χ4n) is 1.34. The van der Waals surface area contributed by atoms with Gasteiger partial charge in [-0.2, -0.15) is 8.78 Å². The zero-order valence-corrected chi connectivity index (χ0v) is 7.98. The fraction of sp³-hybridized carbons (Fsp3) is 0.182. The Hall–Kier alpha value is -1.71. The van der Waals surface area contributed by atoms with Crippen LogP contribution < -0.4 is 4.57 Å². The fourth-order valence-corrected chi connectivity index (χ4v) is 1.34. The van der Waals surface area contributed by atoms with Crippen LogP contribution in [0.1, 0.15) is 12.1 Å². The van der Waals surface area contributed by atoms with Crippen LogP contribution in [-0.4, -0.2) is 4.57 Å². The SMILES string of the molecule is FC(F)[n+]1[c-]n(Cc2ccccc2)cc1. The molecule has 0 spiro atoms. The van der Waals surface area contributed by atoms with E-state index in [1.165, 1.54) is 6.20 Å². The van der Waals surface area contributed by atoms with Crippen molar-refractivity contribution in [1.82, 2.24) is 4.57 Å². The highest BCUT2D eigenvalue weighted by Gasteiger charge is 2.06. The normalized spacial score (nSPS) is 10.9. The molecule has 0 atom stereocenters. The van der Waals surface area contributed by atoms with Crippen molar-refractivity contribution in [2.45, 2.75) is 13.1 Å². The third-order valence-corrected chi connectivity index (χ3v) is 2.06. The van der Waals surface area contributed by atoms with E-state index in [0.717, 1.165) is 10.1 Å². The molecule has 2 rings (SSSR count). The van der Waals surface area contributed by atoms with Gasteiger partial charge in [0.15, 0.2) is 0 Å². The summed E-state index contributed by atoms with van der Waals surface area (Å²) in [5.41, 5.74) is 1.06. The van der Waals surface area contributed by atoms with Crippen LogP contribution in [0.4, 0.5) is 8.78 Å². The molecule has 0 aliphatic carbocycles. The molecule has 0 saturated heterocycles. The van der Waals surface area contributed by atoms with Crippen molar-refractivity contribution in [2.24, 2.45) is 0 Å². The van der Waals surface area contributed by atoms with Gasteiger partial charge in [-0.05, 0) is 18.0 Å². The van der Waals surface area contributed by atoms with Crippen molar-refractivity contribution in [1.29, 1.82) is 0 Å². The maximum atomic E-state index is 12.2. The monoisotopic (exact) mass is 208 g/mol. The summed E-state index contributed by atoms with van der Waals surface area (Å²) in [5, 5.41) is 0. The minimum Gasteiger partial charge on any atom is -0.347 e. The van der Waals surface area contributed by atoms with E-state index in [1.54, 1.807) is 10.8 Å². The van der Waals surface area contributed by atoms with Crippen LogP contribution in [0.2, 0.25) is 0 Å². The van der Waals surface area contributed by atoms with Gasteiger partial charge in [0.05, 0.1) is 6.54 Å². The molecule has 0 bridgehead atoms. The lowest BCUT2D eigenvalue weighted by molar-refractivity contribution is -0.776. The van der Waals surface area contributed by atoms with E-state index in [0.29, 0.717) is 6.54 Å². The smallest absolute Gasteiger partial charge is 0.347 e. The number of alkyl halides is 2. The van der Waals surface area contributed by atoms with E-state index in [4.69, 9.17) is 0 Å². The molecule has 15 heavy (non-hydrogen) atoms. The quantitative estimate of drug-likeness (QED) is 0.539. The van der Waals surface area contributed by atoms with Crippen molar-refractivity contribution in [3.8, 4) is 0 Å². The molecule has 1 heterocycles. The number of hydrogen-bond donors (Lipinski definition) is 0. The van der Waals surface area contributed by atoms with E-state index in [-0.39, 0.29) is 0 Å². The second kappa shape index (κ2) is 4.21. The predicted octanol–water partition coefficient (Wildman–Crippen LogP) is 2.02. The van der Waals surface area contributed by atoms with Gasteiger partial charge in [0.25, 0.3) is 0 Å². The summed E-state index contributed by atoms with van der Waals surface area (Å²) in [7, 11) is 0. The summed E-state index contributed by atoms with van der Waals surface area (Å²) in [6.07, 6.45) is 5.44. The highest BCUT2D eigenvalue weighted by atomic mass is 19.3. The van der Waals surface area contributed by atoms with Gasteiger partial charge >= 0.3 is 6.55 Å².